The molecule has 0 amide bonds. The van der Waals surface area contributed by atoms with E-state index in [9.17, 15) is 0 Å². The molecule has 0 aliphatic heterocycles. The van der Waals surface area contributed by atoms with E-state index < -0.39 is 0 Å². The number of rotatable bonds is 3. The Morgan fingerprint density at radius 3 is 3.06 bits per heavy atom. The molecule has 0 fully saturated rings. The highest BCUT2D eigenvalue weighted by Gasteiger charge is 1.98. The second kappa shape index (κ2) is 4.29. The van der Waals surface area contributed by atoms with Gasteiger partial charge in [-0.2, -0.15) is 0 Å². The van der Waals surface area contributed by atoms with Crippen molar-refractivity contribution in [3.8, 4) is 0 Å². The van der Waals surface area contributed by atoms with Gasteiger partial charge in [-0.1, -0.05) is 24.3 Å². The molecule has 3 aromatic rings. The number of para-hydroxylation sites is 1. The van der Waals surface area contributed by atoms with Crippen LogP contribution in [0, 0.1) is 0 Å². The summed E-state index contributed by atoms with van der Waals surface area (Å²) in [5.41, 5.74) is 0.926. The molecule has 1 aromatic carbocycles. The van der Waals surface area contributed by atoms with Gasteiger partial charge >= 0.3 is 0 Å². The summed E-state index contributed by atoms with van der Waals surface area (Å²) in [6.07, 6.45) is 9.54. The minimum Gasteiger partial charge on any atom is -0.457 e. The second-order valence-corrected chi connectivity index (χ2v) is 3.85. The Morgan fingerprint density at radius 2 is 2.24 bits per heavy atom. The molecule has 0 bridgehead atoms. The number of benzene rings is 1. The van der Waals surface area contributed by atoms with E-state index in [1.807, 2.05) is 47.2 Å². The number of hydrogen-bond acceptors (Lipinski definition) is 2. The molecule has 0 spiro atoms. The van der Waals surface area contributed by atoms with Crippen molar-refractivity contribution in [3.05, 3.63) is 60.9 Å². The molecule has 3 nitrogen and oxygen atoms in total. The standard InChI is InChI=1S/C14H12N2O/c1-2-6-14-12(4-1)10-13(17-14)5-3-8-16-9-7-15-11-16/h1-7,9-11H,8H2. The lowest BCUT2D eigenvalue weighted by atomic mass is 10.2. The van der Waals surface area contributed by atoms with Gasteiger partial charge in [-0.15, -0.1) is 0 Å². The Hall–Kier alpha value is -2.29. The van der Waals surface area contributed by atoms with Crippen LogP contribution in [0.2, 0.25) is 0 Å². The summed E-state index contributed by atoms with van der Waals surface area (Å²) in [6, 6.07) is 10.1. The quantitative estimate of drug-likeness (QED) is 0.683. The summed E-state index contributed by atoms with van der Waals surface area (Å²) in [6.45, 7) is 0.803. The molecule has 3 heteroatoms. The summed E-state index contributed by atoms with van der Waals surface area (Å²) in [5, 5.41) is 1.13. The van der Waals surface area contributed by atoms with Crippen molar-refractivity contribution >= 4 is 17.0 Å². The van der Waals surface area contributed by atoms with Crippen LogP contribution >= 0.6 is 0 Å². The van der Waals surface area contributed by atoms with Crippen LogP contribution in [0.3, 0.4) is 0 Å². The minimum absolute atomic E-state index is 0.803. The van der Waals surface area contributed by atoms with Crippen LogP contribution in [0.5, 0.6) is 0 Å². The fourth-order valence-electron chi connectivity index (χ4n) is 1.77. The van der Waals surface area contributed by atoms with E-state index in [-0.39, 0.29) is 0 Å². The van der Waals surface area contributed by atoms with E-state index >= 15 is 0 Å². The average molecular weight is 224 g/mol. The predicted octanol–water partition coefficient (Wildman–Crippen LogP) is 3.34. The second-order valence-electron chi connectivity index (χ2n) is 3.85. The Morgan fingerprint density at radius 1 is 1.29 bits per heavy atom. The first-order valence-electron chi connectivity index (χ1n) is 5.53. The third-order valence-electron chi connectivity index (χ3n) is 2.60. The van der Waals surface area contributed by atoms with Crippen molar-refractivity contribution in [2.24, 2.45) is 0 Å². The Labute approximate surface area is 99.0 Å². The molecule has 0 N–H and O–H groups in total. The van der Waals surface area contributed by atoms with E-state index in [1.54, 1.807) is 12.5 Å². The smallest absolute Gasteiger partial charge is 0.134 e. The first-order valence-corrected chi connectivity index (χ1v) is 5.53. The number of hydrogen-bond donors (Lipinski definition) is 0. The summed E-state index contributed by atoms with van der Waals surface area (Å²) >= 11 is 0. The van der Waals surface area contributed by atoms with Gasteiger partial charge in [0, 0.05) is 24.3 Å². The fourth-order valence-corrected chi connectivity index (χ4v) is 1.77. The van der Waals surface area contributed by atoms with E-state index in [4.69, 9.17) is 4.42 Å². The highest BCUT2D eigenvalue weighted by atomic mass is 16.3. The molecular weight excluding hydrogens is 212 g/mol. The van der Waals surface area contributed by atoms with Gasteiger partial charge in [0.05, 0.1) is 6.33 Å². The number of aromatic nitrogens is 2. The molecule has 2 aromatic heterocycles. The van der Waals surface area contributed by atoms with Crippen LogP contribution in [-0.2, 0) is 6.54 Å². The summed E-state index contributed by atoms with van der Waals surface area (Å²) in [4.78, 5) is 3.99. The number of furan rings is 1. The monoisotopic (exact) mass is 224 g/mol. The van der Waals surface area contributed by atoms with Gasteiger partial charge in [0.1, 0.15) is 11.3 Å². The van der Waals surface area contributed by atoms with Crippen molar-refractivity contribution < 1.29 is 4.42 Å². The maximum Gasteiger partial charge on any atom is 0.134 e. The number of allylic oxidation sites excluding steroid dienone is 1. The number of fused-ring (bicyclic) bond motifs is 1. The fraction of sp³-hybridized carbons (Fsp3) is 0.0714. The molecule has 84 valence electrons. The molecule has 0 aliphatic rings. The van der Waals surface area contributed by atoms with E-state index in [0.717, 1.165) is 23.3 Å². The molecule has 0 unspecified atom stereocenters. The molecule has 0 radical (unpaired) electrons. The lowest BCUT2D eigenvalue weighted by Gasteiger charge is -1.92. The number of nitrogens with zero attached hydrogens (tertiary/aromatic N) is 2. The molecule has 0 saturated carbocycles. The van der Waals surface area contributed by atoms with Crippen LogP contribution in [-0.4, -0.2) is 9.55 Å². The van der Waals surface area contributed by atoms with Gasteiger partial charge in [0.2, 0.25) is 0 Å². The van der Waals surface area contributed by atoms with Crippen LogP contribution in [0.4, 0.5) is 0 Å². The first-order chi connectivity index (χ1) is 8.42. The molecule has 0 atom stereocenters. The van der Waals surface area contributed by atoms with Crippen LogP contribution in [0.1, 0.15) is 5.76 Å². The predicted molar refractivity (Wildman–Crippen MR) is 67.5 cm³/mol. The number of imidazole rings is 1. The zero-order chi connectivity index (χ0) is 11.5. The van der Waals surface area contributed by atoms with Gasteiger partial charge in [-0.3, -0.25) is 0 Å². The van der Waals surface area contributed by atoms with Crippen LogP contribution in [0.15, 0.2) is 59.5 Å². The maximum atomic E-state index is 5.68. The Bertz CT molecular complexity index is 602. The van der Waals surface area contributed by atoms with Crippen molar-refractivity contribution in [2.75, 3.05) is 0 Å². The maximum absolute atomic E-state index is 5.68. The van der Waals surface area contributed by atoms with Crippen LogP contribution in [0.25, 0.3) is 17.0 Å². The first kappa shape index (κ1) is 9.90. The molecular formula is C14H12N2O. The van der Waals surface area contributed by atoms with Crippen molar-refractivity contribution in [1.82, 2.24) is 9.55 Å². The topological polar surface area (TPSA) is 31.0 Å². The average Bonchev–Trinajstić information content (AvgIpc) is 2.96. The SMILES string of the molecule is C(=Cc1cc2ccccc2o1)Cn1ccnc1. The third kappa shape index (κ3) is 2.13. The van der Waals surface area contributed by atoms with Gasteiger partial charge < -0.3 is 8.98 Å². The normalized spacial score (nSPS) is 11.5. The van der Waals surface area contributed by atoms with Gasteiger partial charge in [-0.25, -0.2) is 4.98 Å². The Kier molecular flexibility index (Phi) is 2.50. The zero-order valence-corrected chi connectivity index (χ0v) is 9.28. The summed E-state index contributed by atoms with van der Waals surface area (Å²) in [7, 11) is 0. The van der Waals surface area contributed by atoms with E-state index in [0.29, 0.717) is 0 Å². The lowest BCUT2D eigenvalue weighted by molar-refractivity contribution is 0.604. The van der Waals surface area contributed by atoms with Gasteiger partial charge in [0.15, 0.2) is 0 Å². The van der Waals surface area contributed by atoms with Crippen LogP contribution < -0.4 is 0 Å². The van der Waals surface area contributed by atoms with Gasteiger partial charge in [0.25, 0.3) is 0 Å². The van der Waals surface area contributed by atoms with E-state index in [2.05, 4.69) is 11.1 Å². The van der Waals surface area contributed by atoms with E-state index in [1.165, 1.54) is 0 Å². The highest BCUT2D eigenvalue weighted by Crippen LogP contribution is 2.19. The Balaban J connectivity index is 1.78. The molecule has 0 aliphatic carbocycles. The molecule has 17 heavy (non-hydrogen) atoms. The third-order valence-corrected chi connectivity index (χ3v) is 2.60. The van der Waals surface area contributed by atoms with Crippen molar-refractivity contribution in [3.63, 3.8) is 0 Å². The minimum atomic E-state index is 0.803. The van der Waals surface area contributed by atoms with Crippen molar-refractivity contribution in [2.45, 2.75) is 6.54 Å². The van der Waals surface area contributed by atoms with Crippen molar-refractivity contribution in [1.29, 1.82) is 0 Å². The van der Waals surface area contributed by atoms with Gasteiger partial charge in [-0.05, 0) is 18.2 Å². The molecule has 2 heterocycles. The molecule has 0 saturated heterocycles. The zero-order valence-electron chi connectivity index (χ0n) is 9.28. The highest BCUT2D eigenvalue weighted by molar-refractivity contribution is 5.79. The summed E-state index contributed by atoms with van der Waals surface area (Å²) < 4.78 is 7.67. The largest absolute Gasteiger partial charge is 0.457 e. The molecule has 3 rings (SSSR count). The summed E-state index contributed by atoms with van der Waals surface area (Å²) in [5.74, 6) is 0.881. The lowest BCUT2D eigenvalue weighted by Crippen LogP contribution is -1.88.